The summed E-state index contributed by atoms with van der Waals surface area (Å²) in [6.45, 7) is 2.21. The first-order valence-electron chi connectivity index (χ1n) is 11.3. The van der Waals surface area contributed by atoms with Crippen LogP contribution in [0, 0.1) is 12.7 Å². The normalized spacial score (nSPS) is 20.2. The van der Waals surface area contributed by atoms with Crippen LogP contribution >= 0.6 is 0 Å². The van der Waals surface area contributed by atoms with Crippen molar-refractivity contribution in [1.29, 1.82) is 0 Å². The molecule has 9 heteroatoms. The van der Waals surface area contributed by atoms with Crippen molar-refractivity contribution >= 4 is 10.2 Å². The third-order valence-corrected chi connectivity index (χ3v) is 7.80. The fraction of sp³-hybridized carbons (Fsp3) is 0.542. The lowest BCUT2D eigenvalue weighted by Crippen LogP contribution is -2.40. The van der Waals surface area contributed by atoms with Gasteiger partial charge in [0.05, 0.1) is 12.7 Å². The predicted molar refractivity (Wildman–Crippen MR) is 127 cm³/mol. The minimum absolute atomic E-state index is 0.0245. The summed E-state index contributed by atoms with van der Waals surface area (Å²) in [5, 5.41) is 0. The van der Waals surface area contributed by atoms with Crippen LogP contribution in [0.2, 0.25) is 0 Å². The number of hydrogen-bond acceptors (Lipinski definition) is 4. The van der Waals surface area contributed by atoms with Crippen LogP contribution in [0.1, 0.15) is 54.2 Å². The SMILES string of the molecule is Cc1cc([C@H](CNS(=O)(=O)N(C)C)COC2CCC(c3cccc(F)c3)CC2)c(=O)n(C)c1. The van der Waals surface area contributed by atoms with E-state index in [0.717, 1.165) is 41.1 Å². The average Bonchev–Trinajstić information content (AvgIpc) is 2.77. The number of benzene rings is 1. The van der Waals surface area contributed by atoms with Crippen LogP contribution in [0.15, 0.2) is 41.3 Å². The zero-order chi connectivity index (χ0) is 24.2. The first kappa shape index (κ1) is 25.6. The number of halogens is 1. The maximum absolute atomic E-state index is 13.6. The molecule has 0 bridgehead atoms. The third-order valence-electron chi connectivity index (χ3n) is 6.31. The summed E-state index contributed by atoms with van der Waals surface area (Å²) in [7, 11) is 0.968. The Morgan fingerprint density at radius 2 is 1.91 bits per heavy atom. The highest BCUT2D eigenvalue weighted by molar-refractivity contribution is 7.87. The Morgan fingerprint density at radius 1 is 1.21 bits per heavy atom. The van der Waals surface area contributed by atoms with Crippen molar-refractivity contribution in [3.8, 4) is 0 Å². The molecule has 3 rings (SSSR count). The van der Waals surface area contributed by atoms with Crippen molar-refractivity contribution < 1.29 is 17.5 Å². The van der Waals surface area contributed by atoms with Gasteiger partial charge in [-0.1, -0.05) is 12.1 Å². The Labute approximate surface area is 195 Å². The minimum atomic E-state index is -3.63. The van der Waals surface area contributed by atoms with Crippen LogP contribution in [-0.2, 0) is 22.0 Å². The zero-order valence-electron chi connectivity index (χ0n) is 19.8. The van der Waals surface area contributed by atoms with E-state index in [-0.39, 0.29) is 30.6 Å². The van der Waals surface area contributed by atoms with Gasteiger partial charge in [-0.3, -0.25) is 4.79 Å². The smallest absolute Gasteiger partial charge is 0.278 e. The number of nitrogens with zero attached hydrogens (tertiary/aromatic N) is 2. The van der Waals surface area contributed by atoms with Crippen molar-refractivity contribution in [2.75, 3.05) is 27.2 Å². The molecule has 1 atom stereocenters. The molecule has 1 fully saturated rings. The van der Waals surface area contributed by atoms with Gasteiger partial charge >= 0.3 is 0 Å². The van der Waals surface area contributed by atoms with E-state index < -0.39 is 16.1 Å². The molecule has 182 valence electrons. The van der Waals surface area contributed by atoms with Gasteiger partial charge in [-0.2, -0.15) is 12.7 Å². The molecule has 1 aliphatic rings. The average molecular weight is 480 g/mol. The van der Waals surface area contributed by atoms with Gasteiger partial charge in [-0.15, -0.1) is 0 Å². The monoisotopic (exact) mass is 479 g/mol. The molecule has 33 heavy (non-hydrogen) atoms. The Morgan fingerprint density at radius 3 is 2.55 bits per heavy atom. The number of ether oxygens (including phenoxy) is 1. The molecule has 0 saturated heterocycles. The van der Waals surface area contributed by atoms with E-state index in [9.17, 15) is 17.6 Å². The second-order valence-electron chi connectivity index (χ2n) is 9.08. The van der Waals surface area contributed by atoms with Gasteiger partial charge in [0.25, 0.3) is 15.8 Å². The Kier molecular flexibility index (Phi) is 8.44. The van der Waals surface area contributed by atoms with Gasteiger partial charge in [0.1, 0.15) is 5.82 Å². The van der Waals surface area contributed by atoms with E-state index in [1.54, 1.807) is 31.4 Å². The van der Waals surface area contributed by atoms with Crippen molar-refractivity contribution in [3.63, 3.8) is 0 Å². The summed E-state index contributed by atoms with van der Waals surface area (Å²) < 4.78 is 49.5. The lowest BCUT2D eigenvalue weighted by Gasteiger charge is -2.30. The van der Waals surface area contributed by atoms with Crippen molar-refractivity contribution in [1.82, 2.24) is 13.6 Å². The fourth-order valence-corrected chi connectivity index (χ4v) is 5.04. The highest BCUT2D eigenvalue weighted by Gasteiger charge is 2.26. The van der Waals surface area contributed by atoms with Crippen LogP contribution < -0.4 is 10.3 Å². The molecule has 1 heterocycles. The number of pyridine rings is 1. The third kappa shape index (κ3) is 6.72. The van der Waals surface area contributed by atoms with Crippen molar-refractivity contribution in [2.45, 2.75) is 50.5 Å². The quantitative estimate of drug-likeness (QED) is 0.600. The molecule has 2 aromatic rings. The maximum Gasteiger partial charge on any atom is 0.278 e. The van der Waals surface area contributed by atoms with Crippen molar-refractivity contribution in [3.05, 3.63) is 69.4 Å². The topological polar surface area (TPSA) is 80.6 Å². The van der Waals surface area contributed by atoms with Crippen molar-refractivity contribution in [2.24, 2.45) is 7.05 Å². The minimum Gasteiger partial charge on any atom is -0.378 e. The van der Waals surface area contributed by atoms with Gasteiger partial charge in [-0.25, -0.2) is 9.11 Å². The van der Waals surface area contributed by atoms with Gasteiger partial charge in [0.15, 0.2) is 0 Å². The van der Waals surface area contributed by atoms with Crippen LogP contribution in [-0.4, -0.2) is 50.6 Å². The molecule has 1 N–H and O–H groups in total. The lowest BCUT2D eigenvalue weighted by atomic mass is 9.82. The predicted octanol–water partition coefficient (Wildman–Crippen LogP) is 3.06. The molecule has 1 aliphatic carbocycles. The summed E-state index contributed by atoms with van der Waals surface area (Å²) >= 11 is 0. The highest BCUT2D eigenvalue weighted by Crippen LogP contribution is 2.34. The molecule has 0 unspecified atom stereocenters. The molecule has 0 amide bonds. The van der Waals surface area contributed by atoms with E-state index in [0.29, 0.717) is 11.5 Å². The zero-order valence-corrected chi connectivity index (χ0v) is 20.6. The van der Waals surface area contributed by atoms with Gasteiger partial charge in [0, 0.05) is 45.4 Å². The number of hydrogen-bond donors (Lipinski definition) is 1. The Balaban J connectivity index is 1.67. The lowest BCUT2D eigenvalue weighted by molar-refractivity contribution is 0.0168. The molecule has 1 aromatic heterocycles. The molecular weight excluding hydrogens is 445 g/mol. The summed E-state index contributed by atoms with van der Waals surface area (Å²) in [5.41, 5.74) is 2.32. The summed E-state index contributed by atoms with van der Waals surface area (Å²) in [5.74, 6) is -0.319. The molecule has 7 nitrogen and oxygen atoms in total. The van der Waals surface area contributed by atoms with Crippen LogP contribution in [0.25, 0.3) is 0 Å². The molecular formula is C24H34FN3O4S. The van der Waals surface area contributed by atoms with Gasteiger partial charge in [-0.05, 0) is 67.9 Å². The van der Waals surface area contributed by atoms with Gasteiger partial charge in [0.2, 0.25) is 0 Å². The number of rotatable bonds is 9. The van der Waals surface area contributed by atoms with E-state index in [1.165, 1.54) is 24.7 Å². The standard InChI is InChI=1S/C24H34FN3O4S/c1-17-12-23(24(29)28(4)15-17)20(14-26-33(30,31)27(2)3)16-32-22-10-8-18(9-11-22)19-6-5-7-21(25)13-19/h5-7,12-13,15,18,20,22,26H,8-11,14,16H2,1-4H3/t18?,20-,22?/m1/s1. The fourth-order valence-electron chi connectivity index (χ4n) is 4.37. The van der Waals surface area contributed by atoms with Crippen LogP contribution in [0.5, 0.6) is 0 Å². The van der Waals surface area contributed by atoms with E-state index in [4.69, 9.17) is 4.74 Å². The number of aryl methyl sites for hydroxylation is 2. The second-order valence-corrected chi connectivity index (χ2v) is 11.1. The second kappa shape index (κ2) is 10.9. The summed E-state index contributed by atoms with van der Waals surface area (Å²) in [6.07, 6.45) is 5.25. The Bertz CT molecular complexity index is 1110. The first-order valence-corrected chi connectivity index (χ1v) is 12.7. The van der Waals surface area contributed by atoms with Crippen LogP contribution in [0.3, 0.4) is 0 Å². The highest BCUT2D eigenvalue weighted by atomic mass is 32.2. The summed E-state index contributed by atoms with van der Waals surface area (Å²) in [6, 6.07) is 8.58. The summed E-state index contributed by atoms with van der Waals surface area (Å²) in [4.78, 5) is 12.8. The van der Waals surface area contributed by atoms with E-state index in [1.807, 2.05) is 13.0 Å². The largest absolute Gasteiger partial charge is 0.378 e. The Hall–Kier alpha value is -2.07. The molecule has 0 radical (unpaired) electrons. The van der Waals surface area contributed by atoms with Gasteiger partial charge < -0.3 is 9.30 Å². The first-order chi connectivity index (χ1) is 15.6. The number of aromatic nitrogens is 1. The maximum atomic E-state index is 13.6. The van der Waals surface area contributed by atoms with E-state index >= 15 is 0 Å². The van der Waals surface area contributed by atoms with E-state index in [2.05, 4.69) is 4.72 Å². The molecule has 0 aliphatic heterocycles. The number of nitrogens with one attached hydrogen (secondary N) is 1. The molecule has 1 aromatic carbocycles. The van der Waals surface area contributed by atoms with Crippen LogP contribution in [0.4, 0.5) is 4.39 Å². The molecule has 1 saturated carbocycles. The molecule has 0 spiro atoms.